The smallest absolute Gasteiger partial charge is 0.202 e. The van der Waals surface area contributed by atoms with E-state index in [0.717, 1.165) is 0 Å². The molecule has 0 aliphatic rings. The summed E-state index contributed by atoms with van der Waals surface area (Å²) in [7, 11) is 0. The fourth-order valence-corrected chi connectivity index (χ4v) is 1.12. The van der Waals surface area contributed by atoms with E-state index in [0.29, 0.717) is 10.4 Å². The molecule has 4 heteroatoms. The summed E-state index contributed by atoms with van der Waals surface area (Å²) in [6, 6.07) is 2.78. The predicted octanol–water partition coefficient (Wildman–Crippen LogP) is 2.62. The third-order valence-electron chi connectivity index (χ3n) is 1.37. The molecular formula is C7H3ClFNO. The number of rotatable bonds is 0. The molecule has 2 aromatic rings. The maximum absolute atomic E-state index is 12.9. The summed E-state index contributed by atoms with van der Waals surface area (Å²) >= 11 is 5.57. The van der Waals surface area contributed by atoms with Crippen molar-refractivity contribution in [2.75, 3.05) is 0 Å². The average molecular weight is 172 g/mol. The zero-order chi connectivity index (χ0) is 7.84. The summed E-state index contributed by atoms with van der Waals surface area (Å²) in [5, 5.41) is 4.35. The Morgan fingerprint density at radius 2 is 2.27 bits per heavy atom. The zero-order valence-electron chi connectivity index (χ0n) is 5.34. The molecule has 0 unspecified atom stereocenters. The molecule has 1 aromatic carbocycles. The van der Waals surface area contributed by atoms with Crippen LogP contribution in [0.2, 0.25) is 5.02 Å². The van der Waals surface area contributed by atoms with E-state index in [1.165, 1.54) is 12.3 Å². The highest BCUT2D eigenvalue weighted by Gasteiger charge is 2.05. The minimum absolute atomic E-state index is 0.148. The van der Waals surface area contributed by atoms with E-state index in [1.54, 1.807) is 6.07 Å². The van der Waals surface area contributed by atoms with Gasteiger partial charge in [0.15, 0.2) is 5.82 Å². The summed E-state index contributed by atoms with van der Waals surface area (Å²) in [4.78, 5) is 0. The van der Waals surface area contributed by atoms with Gasteiger partial charge in [-0.2, -0.15) is 0 Å². The number of halogens is 2. The quantitative estimate of drug-likeness (QED) is 0.609. The van der Waals surface area contributed by atoms with Gasteiger partial charge in [0.2, 0.25) is 5.58 Å². The van der Waals surface area contributed by atoms with E-state index in [9.17, 15) is 4.39 Å². The molecule has 0 spiro atoms. The van der Waals surface area contributed by atoms with Crippen LogP contribution in [0.4, 0.5) is 4.39 Å². The van der Waals surface area contributed by atoms with Crippen molar-refractivity contribution in [2.24, 2.45) is 0 Å². The molecule has 0 aliphatic heterocycles. The van der Waals surface area contributed by atoms with Crippen LogP contribution in [0.25, 0.3) is 11.0 Å². The molecule has 0 N–H and O–H groups in total. The zero-order valence-corrected chi connectivity index (χ0v) is 6.10. The largest absolute Gasteiger partial charge is 0.353 e. The van der Waals surface area contributed by atoms with Crippen LogP contribution in [-0.2, 0) is 0 Å². The third-order valence-corrected chi connectivity index (χ3v) is 1.59. The topological polar surface area (TPSA) is 26.0 Å². The Bertz CT molecular complexity index is 398. The molecule has 1 heterocycles. The molecular weight excluding hydrogens is 169 g/mol. The van der Waals surface area contributed by atoms with Gasteiger partial charge in [0.05, 0.1) is 6.20 Å². The second-order valence-corrected chi connectivity index (χ2v) is 2.57. The minimum atomic E-state index is -0.481. The molecule has 0 amide bonds. The summed E-state index contributed by atoms with van der Waals surface area (Å²) < 4.78 is 17.5. The molecule has 1 aromatic heterocycles. The Morgan fingerprint density at radius 1 is 1.45 bits per heavy atom. The van der Waals surface area contributed by atoms with Crippen LogP contribution in [0.15, 0.2) is 22.9 Å². The van der Waals surface area contributed by atoms with Crippen LogP contribution in [0, 0.1) is 5.82 Å². The van der Waals surface area contributed by atoms with E-state index in [2.05, 4.69) is 9.68 Å². The van der Waals surface area contributed by atoms with Crippen molar-refractivity contribution in [3.63, 3.8) is 0 Å². The van der Waals surface area contributed by atoms with Crippen molar-refractivity contribution in [2.45, 2.75) is 0 Å². The number of benzene rings is 1. The molecule has 56 valence electrons. The van der Waals surface area contributed by atoms with Gasteiger partial charge >= 0.3 is 0 Å². The molecule has 2 nitrogen and oxygen atoms in total. The summed E-state index contributed by atoms with van der Waals surface area (Å²) in [5.41, 5.74) is 0.148. The molecule has 0 atom stereocenters. The maximum Gasteiger partial charge on any atom is 0.202 e. The van der Waals surface area contributed by atoms with E-state index in [1.807, 2.05) is 0 Å². The molecule has 0 radical (unpaired) electrons. The highest BCUT2D eigenvalue weighted by molar-refractivity contribution is 6.31. The van der Waals surface area contributed by atoms with Crippen molar-refractivity contribution >= 4 is 22.6 Å². The molecule has 11 heavy (non-hydrogen) atoms. The van der Waals surface area contributed by atoms with Crippen LogP contribution in [0.5, 0.6) is 0 Å². The van der Waals surface area contributed by atoms with Crippen LogP contribution >= 0.6 is 11.6 Å². The Morgan fingerprint density at radius 3 is 3.09 bits per heavy atom. The molecule has 0 fully saturated rings. The van der Waals surface area contributed by atoms with Crippen molar-refractivity contribution < 1.29 is 8.91 Å². The van der Waals surface area contributed by atoms with Gasteiger partial charge in [-0.3, -0.25) is 0 Å². The average Bonchev–Trinajstić information content (AvgIpc) is 2.34. The number of hydrogen-bond donors (Lipinski definition) is 0. The van der Waals surface area contributed by atoms with Crippen LogP contribution in [-0.4, -0.2) is 5.16 Å². The van der Waals surface area contributed by atoms with Crippen LogP contribution in [0.3, 0.4) is 0 Å². The lowest BCUT2D eigenvalue weighted by Gasteiger charge is -1.89. The first kappa shape index (κ1) is 6.61. The van der Waals surface area contributed by atoms with Crippen LogP contribution < -0.4 is 0 Å². The van der Waals surface area contributed by atoms with E-state index >= 15 is 0 Å². The van der Waals surface area contributed by atoms with Gasteiger partial charge in [-0.15, -0.1) is 0 Å². The third kappa shape index (κ3) is 0.973. The van der Waals surface area contributed by atoms with Gasteiger partial charge in [-0.1, -0.05) is 16.8 Å². The van der Waals surface area contributed by atoms with Crippen molar-refractivity contribution in [3.05, 3.63) is 29.2 Å². The van der Waals surface area contributed by atoms with Crippen LogP contribution in [0.1, 0.15) is 0 Å². The number of aromatic nitrogens is 1. The lowest BCUT2D eigenvalue weighted by Crippen LogP contribution is -1.73. The van der Waals surface area contributed by atoms with Crippen molar-refractivity contribution in [1.82, 2.24) is 5.16 Å². The second kappa shape index (κ2) is 2.20. The summed E-state index contributed by atoms with van der Waals surface area (Å²) in [6.07, 6.45) is 1.42. The number of fused-ring (bicyclic) bond motifs is 1. The normalized spacial score (nSPS) is 10.7. The van der Waals surface area contributed by atoms with Crippen molar-refractivity contribution in [1.29, 1.82) is 0 Å². The highest BCUT2D eigenvalue weighted by atomic mass is 35.5. The number of nitrogens with zero attached hydrogens (tertiary/aromatic N) is 1. The van der Waals surface area contributed by atoms with Gasteiger partial charge in [-0.05, 0) is 12.1 Å². The molecule has 0 saturated heterocycles. The first-order valence-electron chi connectivity index (χ1n) is 2.97. The lowest BCUT2D eigenvalue weighted by molar-refractivity contribution is 0.440. The minimum Gasteiger partial charge on any atom is -0.353 e. The Hall–Kier alpha value is -1.09. The first-order valence-corrected chi connectivity index (χ1v) is 3.34. The van der Waals surface area contributed by atoms with Gasteiger partial charge in [-0.25, -0.2) is 4.39 Å². The van der Waals surface area contributed by atoms with Crippen molar-refractivity contribution in [3.8, 4) is 0 Å². The standard InChI is InChI=1S/C7H3ClFNO/c8-5-1-4-3-10-11-7(4)6(9)2-5/h1-3H. The predicted molar refractivity (Wildman–Crippen MR) is 39.0 cm³/mol. The van der Waals surface area contributed by atoms with E-state index in [4.69, 9.17) is 11.6 Å². The van der Waals surface area contributed by atoms with E-state index < -0.39 is 5.82 Å². The second-order valence-electron chi connectivity index (χ2n) is 2.13. The first-order chi connectivity index (χ1) is 5.27. The molecule has 0 aliphatic carbocycles. The monoisotopic (exact) mass is 171 g/mol. The number of hydrogen-bond acceptors (Lipinski definition) is 2. The van der Waals surface area contributed by atoms with Gasteiger partial charge in [0, 0.05) is 10.4 Å². The van der Waals surface area contributed by atoms with Gasteiger partial charge in [0.25, 0.3) is 0 Å². The molecule has 0 saturated carbocycles. The Balaban J connectivity index is 2.91. The highest BCUT2D eigenvalue weighted by Crippen LogP contribution is 2.21. The van der Waals surface area contributed by atoms with E-state index in [-0.39, 0.29) is 5.58 Å². The SMILES string of the molecule is Fc1cc(Cl)cc2cnoc12. The van der Waals surface area contributed by atoms with Gasteiger partial charge in [0.1, 0.15) is 0 Å². The lowest BCUT2D eigenvalue weighted by atomic mass is 10.3. The maximum atomic E-state index is 12.9. The Labute approximate surface area is 66.5 Å². The Kier molecular flexibility index (Phi) is 1.32. The fraction of sp³-hybridized carbons (Fsp3) is 0. The summed E-state index contributed by atoms with van der Waals surface area (Å²) in [5.74, 6) is -0.481. The summed E-state index contributed by atoms with van der Waals surface area (Å²) in [6.45, 7) is 0. The van der Waals surface area contributed by atoms with Gasteiger partial charge < -0.3 is 4.52 Å². The fourth-order valence-electron chi connectivity index (χ4n) is 0.908. The molecule has 0 bridgehead atoms. The molecule has 2 rings (SSSR count).